The van der Waals surface area contributed by atoms with Crippen LogP contribution in [0.1, 0.15) is 27.2 Å². The minimum atomic E-state index is -0.903. The van der Waals surface area contributed by atoms with Crippen LogP contribution in [0, 0.1) is 15.9 Å². The fourth-order valence-electron chi connectivity index (χ4n) is 2.65. The lowest BCUT2D eigenvalue weighted by Crippen LogP contribution is -2.28. The molecule has 31 heavy (non-hydrogen) atoms. The normalized spacial score (nSPS) is 10.9. The summed E-state index contributed by atoms with van der Waals surface area (Å²) in [4.78, 5) is 40.2. The first-order chi connectivity index (χ1) is 14.5. The Bertz CT molecular complexity index is 976. The van der Waals surface area contributed by atoms with Gasteiger partial charge in [-0.1, -0.05) is 12.1 Å². The summed E-state index contributed by atoms with van der Waals surface area (Å²) in [6.45, 7) is 4.78. The molecule has 1 aromatic carbocycles. The fraction of sp³-hybridized carbons (Fsp3) is 0.350. The number of esters is 1. The van der Waals surface area contributed by atoms with E-state index >= 15 is 0 Å². The largest absolute Gasteiger partial charge is 0.469 e. The molecule has 0 saturated carbocycles. The van der Waals surface area contributed by atoms with Gasteiger partial charge in [0.05, 0.1) is 24.1 Å². The van der Waals surface area contributed by atoms with E-state index in [9.17, 15) is 24.1 Å². The van der Waals surface area contributed by atoms with Gasteiger partial charge in [0.15, 0.2) is 0 Å². The Morgan fingerprint density at radius 2 is 1.94 bits per heavy atom. The van der Waals surface area contributed by atoms with Gasteiger partial charge in [-0.2, -0.15) is 0 Å². The molecule has 1 N–H and O–H groups in total. The van der Waals surface area contributed by atoms with Gasteiger partial charge in [-0.05, 0) is 39.0 Å². The van der Waals surface area contributed by atoms with Gasteiger partial charge < -0.3 is 14.4 Å². The van der Waals surface area contributed by atoms with Gasteiger partial charge in [-0.3, -0.25) is 20.2 Å². The summed E-state index contributed by atoms with van der Waals surface area (Å²) in [5, 5.41) is 14.2. The number of methoxy groups -OCH3 is 1. The number of hydrogen-bond donors (Lipinski definition) is 1. The highest BCUT2D eigenvalue weighted by molar-refractivity contribution is 5.91. The number of para-hydroxylation sites is 1. The van der Waals surface area contributed by atoms with E-state index in [0.717, 1.165) is 0 Å². The Labute approximate surface area is 178 Å². The van der Waals surface area contributed by atoms with Crippen molar-refractivity contribution in [3.8, 4) is 0 Å². The third-order valence-corrected chi connectivity index (χ3v) is 3.89. The Balaban J connectivity index is 2.54. The molecular formula is C20H23FN4O6. The number of carbonyl (C=O) groups excluding carboxylic acids is 2. The summed E-state index contributed by atoms with van der Waals surface area (Å²) < 4.78 is 24.3. The molecule has 1 heterocycles. The molecule has 2 rings (SSSR count). The van der Waals surface area contributed by atoms with Crippen LogP contribution in [0.3, 0.4) is 0 Å². The number of hydrogen-bond acceptors (Lipinski definition) is 8. The molecule has 0 aliphatic heterocycles. The van der Waals surface area contributed by atoms with Gasteiger partial charge in [-0.15, -0.1) is 0 Å². The van der Waals surface area contributed by atoms with Crippen LogP contribution in [0.2, 0.25) is 0 Å². The van der Waals surface area contributed by atoms with Crippen LogP contribution in [-0.4, -0.2) is 41.2 Å². The fourth-order valence-corrected chi connectivity index (χ4v) is 2.65. The maximum absolute atomic E-state index is 14.5. The number of benzene rings is 1. The van der Waals surface area contributed by atoms with Crippen LogP contribution in [0.4, 0.5) is 32.1 Å². The van der Waals surface area contributed by atoms with Crippen molar-refractivity contribution in [1.82, 2.24) is 4.98 Å². The topological polar surface area (TPSA) is 124 Å². The minimum absolute atomic E-state index is 0.0311. The molecular weight excluding hydrogens is 411 g/mol. The number of nitrogens with zero attached hydrogens (tertiary/aromatic N) is 3. The maximum atomic E-state index is 14.5. The van der Waals surface area contributed by atoms with E-state index in [4.69, 9.17) is 4.74 Å². The van der Waals surface area contributed by atoms with E-state index in [1.165, 1.54) is 48.5 Å². The maximum Gasteiger partial charge on any atom is 0.412 e. The number of ether oxygens (including phenoxy) is 2. The van der Waals surface area contributed by atoms with E-state index in [2.05, 4.69) is 15.0 Å². The predicted octanol–water partition coefficient (Wildman–Crippen LogP) is 4.18. The Hall–Kier alpha value is -3.76. The zero-order valence-corrected chi connectivity index (χ0v) is 17.5. The first kappa shape index (κ1) is 23.5. The van der Waals surface area contributed by atoms with Crippen molar-refractivity contribution in [3.05, 3.63) is 52.5 Å². The third-order valence-electron chi connectivity index (χ3n) is 3.89. The van der Waals surface area contributed by atoms with Crippen LogP contribution < -0.4 is 10.2 Å². The van der Waals surface area contributed by atoms with Gasteiger partial charge in [-0.25, -0.2) is 14.2 Å². The Kier molecular flexibility index (Phi) is 7.46. The molecule has 0 aliphatic carbocycles. The average Bonchev–Trinajstić information content (AvgIpc) is 2.67. The average molecular weight is 434 g/mol. The molecule has 166 valence electrons. The van der Waals surface area contributed by atoms with E-state index in [0.29, 0.717) is 0 Å². The number of rotatable bonds is 7. The van der Waals surface area contributed by atoms with E-state index < -0.39 is 34.1 Å². The second-order valence-electron chi connectivity index (χ2n) is 7.34. The lowest BCUT2D eigenvalue weighted by Gasteiger charge is -2.24. The summed E-state index contributed by atoms with van der Waals surface area (Å²) in [6, 6.07) is 6.80. The van der Waals surface area contributed by atoms with Crippen molar-refractivity contribution >= 4 is 34.9 Å². The van der Waals surface area contributed by atoms with Gasteiger partial charge in [0.2, 0.25) is 5.82 Å². The molecule has 0 unspecified atom stereocenters. The number of nitrogens with one attached hydrogen (secondary N) is 1. The first-order valence-electron chi connectivity index (χ1n) is 9.25. The summed E-state index contributed by atoms with van der Waals surface area (Å²) in [7, 11) is 1.20. The van der Waals surface area contributed by atoms with E-state index in [-0.39, 0.29) is 30.2 Å². The van der Waals surface area contributed by atoms with Crippen LogP contribution >= 0.6 is 0 Å². The van der Waals surface area contributed by atoms with Crippen molar-refractivity contribution in [3.63, 3.8) is 0 Å². The summed E-state index contributed by atoms with van der Waals surface area (Å²) in [6.07, 6.45) is 0.133. The molecule has 2 aromatic rings. The summed E-state index contributed by atoms with van der Waals surface area (Å²) >= 11 is 0. The smallest absolute Gasteiger partial charge is 0.412 e. The molecule has 0 aliphatic rings. The second-order valence-corrected chi connectivity index (χ2v) is 7.34. The highest BCUT2D eigenvalue weighted by Crippen LogP contribution is 2.38. The number of anilines is 3. The SMILES string of the molecule is COC(=O)CCN(c1ccccc1F)c1nccc(NC(=O)OC(C)(C)C)c1[N+](=O)[O-]. The van der Waals surface area contributed by atoms with E-state index in [1.54, 1.807) is 20.8 Å². The molecule has 10 nitrogen and oxygen atoms in total. The number of carbonyl (C=O) groups is 2. The van der Waals surface area contributed by atoms with Crippen LogP contribution in [0.25, 0.3) is 0 Å². The number of halogens is 1. The minimum Gasteiger partial charge on any atom is -0.469 e. The van der Waals surface area contributed by atoms with Crippen molar-refractivity contribution in [2.75, 3.05) is 23.9 Å². The summed E-state index contributed by atoms with van der Waals surface area (Å²) in [5.74, 6) is -1.52. The van der Waals surface area contributed by atoms with Crippen molar-refractivity contribution in [2.45, 2.75) is 32.8 Å². The lowest BCUT2D eigenvalue weighted by molar-refractivity contribution is -0.383. The second kappa shape index (κ2) is 9.83. The molecule has 0 bridgehead atoms. The molecule has 0 spiro atoms. The van der Waals surface area contributed by atoms with Crippen molar-refractivity contribution in [2.24, 2.45) is 0 Å². The molecule has 0 atom stereocenters. The molecule has 0 fully saturated rings. The van der Waals surface area contributed by atoms with Crippen LogP contribution in [0.5, 0.6) is 0 Å². The highest BCUT2D eigenvalue weighted by atomic mass is 19.1. The Morgan fingerprint density at radius 3 is 2.52 bits per heavy atom. The van der Waals surface area contributed by atoms with Crippen LogP contribution in [0.15, 0.2) is 36.5 Å². The third kappa shape index (κ3) is 6.36. The Morgan fingerprint density at radius 1 is 1.26 bits per heavy atom. The van der Waals surface area contributed by atoms with Crippen molar-refractivity contribution < 1.29 is 28.4 Å². The zero-order valence-electron chi connectivity index (χ0n) is 17.5. The zero-order chi connectivity index (χ0) is 23.2. The van der Waals surface area contributed by atoms with Crippen LogP contribution in [-0.2, 0) is 14.3 Å². The molecule has 0 saturated heterocycles. The van der Waals surface area contributed by atoms with Gasteiger partial charge in [0, 0.05) is 12.7 Å². The standard InChI is InChI=1S/C20H23FN4O6/c1-20(2,3)31-19(27)23-14-9-11-22-18(17(14)25(28)29)24(12-10-16(26)30-4)15-8-6-5-7-13(15)21/h5-9,11H,10,12H2,1-4H3,(H,22,23,27). The number of pyridine rings is 1. The molecule has 11 heteroatoms. The lowest BCUT2D eigenvalue weighted by atomic mass is 10.2. The quantitative estimate of drug-likeness (QED) is 0.391. The first-order valence-corrected chi connectivity index (χ1v) is 9.25. The number of amides is 1. The molecule has 1 aromatic heterocycles. The van der Waals surface area contributed by atoms with E-state index in [1.807, 2.05) is 0 Å². The predicted molar refractivity (Wildman–Crippen MR) is 111 cm³/mol. The van der Waals surface area contributed by atoms with Gasteiger partial charge >= 0.3 is 17.7 Å². The molecule has 1 amide bonds. The monoisotopic (exact) mass is 434 g/mol. The molecule has 0 radical (unpaired) electrons. The van der Waals surface area contributed by atoms with Crippen molar-refractivity contribution in [1.29, 1.82) is 0 Å². The number of aromatic nitrogens is 1. The summed E-state index contributed by atoms with van der Waals surface area (Å²) in [5.41, 5.74) is -1.63. The van der Waals surface area contributed by atoms with Gasteiger partial charge in [0.1, 0.15) is 17.1 Å². The number of nitro groups is 1. The van der Waals surface area contributed by atoms with Gasteiger partial charge in [0.25, 0.3) is 0 Å². The highest BCUT2D eigenvalue weighted by Gasteiger charge is 2.30.